The molecule has 0 spiro atoms. The first-order valence-electron chi connectivity index (χ1n) is 8.24. The van der Waals surface area contributed by atoms with Crippen LogP contribution in [0.3, 0.4) is 0 Å². The van der Waals surface area contributed by atoms with Crippen molar-refractivity contribution in [2.75, 3.05) is 29.4 Å². The molecule has 2 heterocycles. The Kier molecular flexibility index (Phi) is 4.50. The summed E-state index contributed by atoms with van der Waals surface area (Å²) in [5, 5.41) is 2.32. The van der Waals surface area contributed by atoms with Crippen molar-refractivity contribution in [3.05, 3.63) is 24.0 Å². The Hall–Kier alpha value is -2.11. The Morgan fingerprint density at radius 1 is 1.17 bits per heavy atom. The zero-order valence-corrected chi connectivity index (χ0v) is 13.3. The fraction of sp³-hybridized carbons (Fsp3) is 0.529. The Balaban J connectivity index is 1.86. The summed E-state index contributed by atoms with van der Waals surface area (Å²) in [6.07, 6.45) is 3.59. The molecular weight excluding hydrogens is 297 g/mol. The smallest absolute Gasteiger partial charge is 0.328 e. The number of amides is 3. The van der Waals surface area contributed by atoms with Crippen LogP contribution in [-0.4, -0.2) is 31.6 Å². The molecule has 0 unspecified atom stereocenters. The summed E-state index contributed by atoms with van der Waals surface area (Å²) in [5.41, 5.74) is 1.41. The van der Waals surface area contributed by atoms with E-state index >= 15 is 0 Å². The van der Waals surface area contributed by atoms with Crippen molar-refractivity contribution in [2.24, 2.45) is 5.92 Å². The average molecular weight is 319 g/mol. The topological polar surface area (TPSA) is 52.6 Å². The van der Waals surface area contributed by atoms with Crippen molar-refractivity contribution in [3.8, 4) is 0 Å². The summed E-state index contributed by atoms with van der Waals surface area (Å²) in [6.45, 7) is 4.25. The van der Waals surface area contributed by atoms with Gasteiger partial charge < -0.3 is 4.90 Å². The van der Waals surface area contributed by atoms with E-state index in [9.17, 15) is 14.0 Å². The highest BCUT2D eigenvalue weighted by Crippen LogP contribution is 2.34. The number of nitrogens with one attached hydrogen (secondary N) is 1. The standard InChI is InChI=1S/C17H22FN3O2/c1-2-12-5-8-20(9-6-12)15-11-13(18)3-4-14(15)21-10-7-16(22)19-17(21)23/h3-4,11-12H,2,5-10H2,1H3,(H,19,22,23). The molecule has 0 radical (unpaired) electrons. The quantitative estimate of drug-likeness (QED) is 0.932. The minimum Gasteiger partial charge on any atom is -0.370 e. The molecule has 0 aromatic heterocycles. The Bertz CT molecular complexity index is 612. The van der Waals surface area contributed by atoms with Crippen LogP contribution in [0.4, 0.5) is 20.6 Å². The highest BCUT2D eigenvalue weighted by Gasteiger charge is 2.28. The SMILES string of the molecule is CCC1CCN(c2cc(F)ccc2N2CCC(=O)NC2=O)CC1. The molecule has 3 amide bonds. The van der Waals surface area contributed by atoms with E-state index in [1.807, 2.05) is 0 Å². The fourth-order valence-corrected chi connectivity index (χ4v) is 3.35. The number of halogens is 1. The molecule has 5 nitrogen and oxygen atoms in total. The second-order valence-electron chi connectivity index (χ2n) is 6.23. The molecule has 1 N–H and O–H groups in total. The molecule has 23 heavy (non-hydrogen) atoms. The summed E-state index contributed by atoms with van der Waals surface area (Å²) in [5.74, 6) is 0.146. The maximum Gasteiger partial charge on any atom is 0.328 e. The minimum absolute atomic E-state index is 0.264. The van der Waals surface area contributed by atoms with Crippen molar-refractivity contribution in [1.82, 2.24) is 5.32 Å². The van der Waals surface area contributed by atoms with Crippen LogP contribution < -0.4 is 15.1 Å². The van der Waals surface area contributed by atoms with Crippen LogP contribution in [-0.2, 0) is 4.79 Å². The highest BCUT2D eigenvalue weighted by atomic mass is 19.1. The molecule has 1 aromatic carbocycles. The number of nitrogens with zero attached hydrogens (tertiary/aromatic N) is 2. The Morgan fingerprint density at radius 2 is 1.91 bits per heavy atom. The van der Waals surface area contributed by atoms with Crippen molar-refractivity contribution in [3.63, 3.8) is 0 Å². The molecule has 2 saturated heterocycles. The van der Waals surface area contributed by atoms with Crippen LogP contribution >= 0.6 is 0 Å². The summed E-state index contributed by atoms with van der Waals surface area (Å²) < 4.78 is 13.8. The molecule has 2 aliphatic rings. The predicted octanol–water partition coefficient (Wildman–Crippen LogP) is 2.90. The molecule has 0 bridgehead atoms. The molecule has 3 rings (SSSR count). The lowest BCUT2D eigenvalue weighted by atomic mass is 9.94. The third kappa shape index (κ3) is 3.30. The third-order valence-electron chi connectivity index (χ3n) is 4.81. The van der Waals surface area contributed by atoms with Gasteiger partial charge in [-0.25, -0.2) is 9.18 Å². The van der Waals surface area contributed by atoms with Crippen molar-refractivity contribution in [2.45, 2.75) is 32.6 Å². The summed E-state index contributed by atoms with van der Waals surface area (Å²) in [6, 6.07) is 4.05. The zero-order valence-electron chi connectivity index (χ0n) is 13.3. The second-order valence-corrected chi connectivity index (χ2v) is 6.23. The normalized spacial score (nSPS) is 19.9. The molecule has 124 valence electrons. The number of rotatable bonds is 3. The van der Waals surface area contributed by atoms with Gasteiger partial charge in [0, 0.05) is 26.1 Å². The zero-order chi connectivity index (χ0) is 16.4. The van der Waals surface area contributed by atoms with Gasteiger partial charge in [-0.1, -0.05) is 13.3 Å². The lowest BCUT2D eigenvalue weighted by molar-refractivity contribution is -0.120. The maximum atomic E-state index is 13.8. The van der Waals surface area contributed by atoms with Gasteiger partial charge in [-0.2, -0.15) is 0 Å². The largest absolute Gasteiger partial charge is 0.370 e. The fourth-order valence-electron chi connectivity index (χ4n) is 3.35. The number of anilines is 2. The molecule has 2 aliphatic heterocycles. The summed E-state index contributed by atoms with van der Waals surface area (Å²) in [7, 11) is 0. The van der Waals surface area contributed by atoms with Crippen LogP contribution in [0.5, 0.6) is 0 Å². The maximum absolute atomic E-state index is 13.8. The van der Waals surface area contributed by atoms with Gasteiger partial charge >= 0.3 is 6.03 Å². The van der Waals surface area contributed by atoms with Gasteiger partial charge in [-0.15, -0.1) is 0 Å². The second kappa shape index (κ2) is 6.56. The number of urea groups is 1. The van der Waals surface area contributed by atoms with E-state index in [4.69, 9.17) is 0 Å². The van der Waals surface area contributed by atoms with Crippen LogP contribution in [0, 0.1) is 11.7 Å². The number of hydrogen-bond acceptors (Lipinski definition) is 3. The first-order chi connectivity index (χ1) is 11.1. The lowest BCUT2D eigenvalue weighted by Crippen LogP contribution is -2.50. The molecule has 0 aliphatic carbocycles. The van der Waals surface area contributed by atoms with Gasteiger partial charge in [0.1, 0.15) is 5.82 Å². The summed E-state index contributed by atoms with van der Waals surface area (Å²) in [4.78, 5) is 27.1. The minimum atomic E-state index is -0.433. The molecule has 0 atom stereocenters. The first-order valence-corrected chi connectivity index (χ1v) is 8.24. The predicted molar refractivity (Wildman–Crippen MR) is 87.1 cm³/mol. The number of carbonyl (C=O) groups is 2. The lowest BCUT2D eigenvalue weighted by Gasteiger charge is -2.37. The van der Waals surface area contributed by atoms with Gasteiger partial charge in [-0.05, 0) is 37.0 Å². The average Bonchev–Trinajstić information content (AvgIpc) is 2.55. The van der Waals surface area contributed by atoms with Crippen LogP contribution in [0.25, 0.3) is 0 Å². The van der Waals surface area contributed by atoms with E-state index in [2.05, 4.69) is 17.1 Å². The molecule has 0 saturated carbocycles. The third-order valence-corrected chi connectivity index (χ3v) is 4.81. The van der Waals surface area contributed by atoms with Gasteiger partial charge in [-0.3, -0.25) is 15.0 Å². The van der Waals surface area contributed by atoms with Gasteiger partial charge in [0.15, 0.2) is 0 Å². The number of imide groups is 1. The Morgan fingerprint density at radius 3 is 2.57 bits per heavy atom. The number of carbonyl (C=O) groups excluding carboxylic acids is 2. The van der Waals surface area contributed by atoms with Crippen LogP contribution in [0.1, 0.15) is 32.6 Å². The molecule has 2 fully saturated rings. The van der Waals surface area contributed by atoms with E-state index < -0.39 is 6.03 Å². The van der Waals surface area contributed by atoms with E-state index in [1.165, 1.54) is 23.5 Å². The molecule has 6 heteroatoms. The number of benzene rings is 1. The monoisotopic (exact) mass is 319 g/mol. The van der Waals surface area contributed by atoms with Crippen molar-refractivity contribution < 1.29 is 14.0 Å². The van der Waals surface area contributed by atoms with Crippen LogP contribution in [0.15, 0.2) is 18.2 Å². The molecular formula is C17H22FN3O2. The van der Waals surface area contributed by atoms with E-state index in [1.54, 1.807) is 6.07 Å². The van der Waals surface area contributed by atoms with E-state index in [0.717, 1.165) is 37.5 Å². The van der Waals surface area contributed by atoms with E-state index in [0.29, 0.717) is 12.2 Å². The van der Waals surface area contributed by atoms with Crippen molar-refractivity contribution in [1.29, 1.82) is 0 Å². The number of hydrogen-bond donors (Lipinski definition) is 1. The summed E-state index contributed by atoms with van der Waals surface area (Å²) >= 11 is 0. The van der Waals surface area contributed by atoms with Crippen molar-refractivity contribution >= 4 is 23.3 Å². The van der Waals surface area contributed by atoms with Crippen LogP contribution in [0.2, 0.25) is 0 Å². The van der Waals surface area contributed by atoms with Gasteiger partial charge in [0.05, 0.1) is 11.4 Å². The van der Waals surface area contributed by atoms with E-state index in [-0.39, 0.29) is 18.1 Å². The molecule has 1 aromatic rings. The Labute approximate surface area is 135 Å². The highest BCUT2D eigenvalue weighted by molar-refractivity contribution is 6.07. The first kappa shape index (κ1) is 15.8. The number of piperidine rings is 1. The van der Waals surface area contributed by atoms with Gasteiger partial charge in [0.25, 0.3) is 0 Å². The van der Waals surface area contributed by atoms with Gasteiger partial charge in [0.2, 0.25) is 5.91 Å².